The number of hydrogen-bond acceptors (Lipinski definition) is 7. The molecule has 3 aromatic carbocycles. The van der Waals surface area contributed by atoms with Gasteiger partial charge in [-0.1, -0.05) is 47.4 Å². The number of nitrogens with zero attached hydrogens (tertiary/aromatic N) is 3. The molecule has 1 saturated carbocycles. The molecule has 1 fully saturated rings. The second-order valence-electron chi connectivity index (χ2n) is 10.2. The predicted molar refractivity (Wildman–Crippen MR) is 155 cm³/mol. The molecular weight excluding hydrogens is 590 g/mol. The average molecular weight is 616 g/mol. The summed E-state index contributed by atoms with van der Waals surface area (Å²) in [4.78, 5) is 19.6. The summed E-state index contributed by atoms with van der Waals surface area (Å²) < 4.78 is 44.1. The van der Waals surface area contributed by atoms with Gasteiger partial charge < -0.3 is 14.7 Å². The summed E-state index contributed by atoms with van der Waals surface area (Å²) in [7, 11) is -3.30. The monoisotopic (exact) mass is 614 g/mol. The molecule has 0 unspecified atom stereocenters. The van der Waals surface area contributed by atoms with Crippen LogP contribution < -0.4 is 10.2 Å². The highest BCUT2D eigenvalue weighted by atomic mass is 35.5. The quantitative estimate of drug-likeness (QED) is 0.257. The molecule has 4 aromatic rings. The van der Waals surface area contributed by atoms with E-state index in [1.807, 2.05) is 4.90 Å². The number of nitrogens with one attached hydrogen (secondary N) is 1. The number of benzene rings is 3. The Bertz CT molecular complexity index is 1770. The molecule has 1 aliphatic carbocycles. The Morgan fingerprint density at radius 2 is 1.85 bits per heavy atom. The van der Waals surface area contributed by atoms with E-state index in [9.17, 15) is 17.6 Å². The van der Waals surface area contributed by atoms with E-state index < -0.39 is 21.1 Å². The lowest BCUT2D eigenvalue weighted by molar-refractivity contribution is -0.115. The summed E-state index contributed by atoms with van der Waals surface area (Å²) >= 11 is 13.4. The molecule has 6 rings (SSSR count). The van der Waals surface area contributed by atoms with Crippen molar-refractivity contribution < 1.29 is 22.1 Å². The topological polar surface area (TPSA) is 105 Å². The molecule has 12 heteroatoms. The number of aromatic nitrogens is 2. The van der Waals surface area contributed by atoms with E-state index in [1.165, 1.54) is 6.07 Å². The Hall–Kier alpha value is -3.47. The lowest BCUT2D eigenvalue weighted by Crippen LogP contribution is -2.31. The van der Waals surface area contributed by atoms with Crippen LogP contribution in [0.25, 0.3) is 11.5 Å². The van der Waals surface area contributed by atoms with Gasteiger partial charge in [-0.3, -0.25) is 4.79 Å². The summed E-state index contributed by atoms with van der Waals surface area (Å²) in [5.74, 6) is -0.245. The summed E-state index contributed by atoms with van der Waals surface area (Å²) in [6, 6.07) is 14.5. The third-order valence-electron chi connectivity index (χ3n) is 7.63. The van der Waals surface area contributed by atoms with E-state index in [2.05, 4.69) is 15.5 Å². The zero-order valence-electron chi connectivity index (χ0n) is 22.0. The number of carbonyl (C=O) groups is 1. The standard InChI is InChI=1S/C29H25Cl2FN4O4S/c1-2-41(38,39)19-7-8-24-17(13-19)9-12-36(24)16-25(37)33-18-14-21(30)26(22(31)15-18)29(10-11-29)28-34-27(40-35-28)20-5-3-4-6-23(20)32/h3-8,13-15H,2,9-12,16H2,1H3,(H,33,37). The average Bonchev–Trinajstić information content (AvgIpc) is 3.38. The minimum Gasteiger partial charge on any atom is -0.362 e. The molecule has 1 aromatic heterocycles. The zero-order chi connectivity index (χ0) is 28.9. The van der Waals surface area contributed by atoms with Gasteiger partial charge in [0, 0.05) is 33.5 Å². The molecule has 0 radical (unpaired) electrons. The Kier molecular flexibility index (Phi) is 7.04. The fraction of sp³-hybridized carbons (Fsp3) is 0.276. The van der Waals surface area contributed by atoms with Gasteiger partial charge in [0.1, 0.15) is 5.82 Å². The van der Waals surface area contributed by atoms with Crippen molar-refractivity contribution in [3.63, 3.8) is 0 Å². The van der Waals surface area contributed by atoms with Gasteiger partial charge in [0.2, 0.25) is 5.91 Å². The van der Waals surface area contributed by atoms with Crippen LogP contribution in [0.1, 0.15) is 36.7 Å². The number of amides is 1. The lowest BCUT2D eigenvalue weighted by Gasteiger charge is -2.20. The van der Waals surface area contributed by atoms with Crippen LogP contribution in [0.3, 0.4) is 0 Å². The van der Waals surface area contributed by atoms with Gasteiger partial charge in [0.15, 0.2) is 15.7 Å². The first-order valence-corrected chi connectivity index (χ1v) is 15.5. The molecule has 0 atom stereocenters. The molecule has 1 amide bonds. The molecule has 1 aliphatic heterocycles. The molecule has 1 N–H and O–H groups in total. The number of rotatable bonds is 8. The van der Waals surface area contributed by atoms with E-state index in [0.29, 0.717) is 57.8 Å². The van der Waals surface area contributed by atoms with E-state index >= 15 is 0 Å². The second kappa shape index (κ2) is 10.4. The molecule has 41 heavy (non-hydrogen) atoms. The Morgan fingerprint density at radius 3 is 2.54 bits per heavy atom. The Morgan fingerprint density at radius 1 is 1.12 bits per heavy atom. The van der Waals surface area contributed by atoms with E-state index in [-0.39, 0.29) is 29.7 Å². The normalized spacial score (nSPS) is 15.6. The van der Waals surface area contributed by atoms with Crippen molar-refractivity contribution in [1.82, 2.24) is 10.1 Å². The minimum absolute atomic E-state index is 0.0345. The fourth-order valence-electron chi connectivity index (χ4n) is 5.32. The summed E-state index contributed by atoms with van der Waals surface area (Å²) in [5.41, 5.74) is 2.36. The molecular formula is C29H25Cl2FN4O4S. The van der Waals surface area contributed by atoms with Crippen LogP contribution in [0.15, 0.2) is 64.0 Å². The van der Waals surface area contributed by atoms with E-state index in [4.69, 9.17) is 27.7 Å². The van der Waals surface area contributed by atoms with Gasteiger partial charge >= 0.3 is 0 Å². The van der Waals surface area contributed by atoms with Gasteiger partial charge in [-0.25, -0.2) is 12.8 Å². The number of sulfone groups is 1. The van der Waals surface area contributed by atoms with Crippen molar-refractivity contribution in [2.75, 3.05) is 29.1 Å². The maximum atomic E-state index is 14.2. The van der Waals surface area contributed by atoms with Crippen LogP contribution in [-0.2, 0) is 26.5 Å². The van der Waals surface area contributed by atoms with Gasteiger partial charge in [-0.15, -0.1) is 0 Å². The van der Waals surface area contributed by atoms with E-state index in [1.54, 1.807) is 55.5 Å². The largest absolute Gasteiger partial charge is 0.362 e. The second-order valence-corrected chi connectivity index (χ2v) is 13.3. The number of carbonyl (C=O) groups excluding carboxylic acids is 1. The molecule has 8 nitrogen and oxygen atoms in total. The molecule has 0 saturated heterocycles. The number of halogens is 3. The maximum Gasteiger partial charge on any atom is 0.260 e. The summed E-state index contributed by atoms with van der Waals surface area (Å²) in [6.07, 6.45) is 2.02. The van der Waals surface area contributed by atoms with Crippen LogP contribution in [0.5, 0.6) is 0 Å². The number of hydrogen-bond donors (Lipinski definition) is 1. The van der Waals surface area contributed by atoms with Crippen molar-refractivity contribution in [1.29, 1.82) is 0 Å². The highest BCUT2D eigenvalue weighted by Gasteiger charge is 2.52. The Labute approximate surface area is 246 Å². The van der Waals surface area contributed by atoms with Crippen LogP contribution in [-0.4, -0.2) is 43.3 Å². The first kappa shape index (κ1) is 27.7. The summed E-state index contributed by atoms with van der Waals surface area (Å²) in [6.45, 7) is 2.29. The molecule has 0 bridgehead atoms. The third kappa shape index (κ3) is 5.09. The van der Waals surface area contributed by atoms with Crippen LogP contribution >= 0.6 is 23.2 Å². The zero-order valence-corrected chi connectivity index (χ0v) is 24.3. The fourth-order valence-corrected chi connectivity index (χ4v) is 7.10. The number of anilines is 2. The molecule has 2 aliphatic rings. The SMILES string of the molecule is CCS(=O)(=O)c1ccc2c(c1)CCN2CC(=O)Nc1cc(Cl)c(C2(c3noc(-c4ccccc4F)n3)CC2)c(Cl)c1. The third-order valence-corrected chi connectivity index (χ3v) is 9.96. The molecule has 212 valence electrons. The highest BCUT2D eigenvalue weighted by Crippen LogP contribution is 2.57. The maximum absolute atomic E-state index is 14.2. The van der Waals surface area contributed by atoms with Crippen molar-refractivity contribution >= 4 is 50.3 Å². The lowest BCUT2D eigenvalue weighted by atomic mass is 9.94. The van der Waals surface area contributed by atoms with Crippen molar-refractivity contribution in [2.24, 2.45) is 0 Å². The number of fused-ring (bicyclic) bond motifs is 1. The van der Waals surface area contributed by atoms with Gasteiger partial charge in [-0.05, 0) is 67.3 Å². The van der Waals surface area contributed by atoms with Crippen LogP contribution in [0.4, 0.5) is 15.8 Å². The highest BCUT2D eigenvalue weighted by molar-refractivity contribution is 7.91. The van der Waals surface area contributed by atoms with Crippen molar-refractivity contribution in [2.45, 2.75) is 36.5 Å². The minimum atomic E-state index is -3.30. The van der Waals surface area contributed by atoms with Crippen molar-refractivity contribution in [3.8, 4) is 11.5 Å². The Balaban J connectivity index is 1.18. The van der Waals surface area contributed by atoms with Crippen LogP contribution in [0, 0.1) is 5.82 Å². The summed E-state index contributed by atoms with van der Waals surface area (Å²) in [5, 5.41) is 7.67. The first-order valence-electron chi connectivity index (χ1n) is 13.1. The molecule has 0 spiro atoms. The van der Waals surface area contributed by atoms with Crippen molar-refractivity contribution in [3.05, 3.63) is 87.4 Å². The molecule has 2 heterocycles. The van der Waals surface area contributed by atoms with Gasteiger partial charge in [0.25, 0.3) is 5.89 Å². The van der Waals surface area contributed by atoms with Crippen LogP contribution in [0.2, 0.25) is 10.0 Å². The first-order chi connectivity index (χ1) is 19.6. The predicted octanol–water partition coefficient (Wildman–Crippen LogP) is 6.06. The van der Waals surface area contributed by atoms with E-state index in [0.717, 1.165) is 11.3 Å². The smallest absolute Gasteiger partial charge is 0.260 e. The van der Waals surface area contributed by atoms with Gasteiger partial charge in [0.05, 0.1) is 28.2 Å². The van der Waals surface area contributed by atoms with Gasteiger partial charge in [-0.2, -0.15) is 4.98 Å².